The Morgan fingerprint density at radius 1 is 0.913 bits per heavy atom. The van der Waals surface area contributed by atoms with E-state index < -0.39 is 0 Å². The lowest BCUT2D eigenvalue weighted by atomic mass is 9.36. The van der Waals surface area contributed by atoms with E-state index in [1.807, 2.05) is 0 Å². The van der Waals surface area contributed by atoms with Crippen molar-refractivity contribution in [1.29, 1.82) is 5.26 Å². The largest absolute Gasteiger partial charge is 0.199 e. The van der Waals surface area contributed by atoms with Crippen molar-refractivity contribution in [3.05, 3.63) is 0 Å². The summed E-state index contributed by atoms with van der Waals surface area (Å²) in [6, 6.07) is 2.64. The molecule has 0 aliphatic heterocycles. The zero-order chi connectivity index (χ0) is 17.0. The van der Waals surface area contributed by atoms with E-state index in [9.17, 15) is 5.26 Å². The molecule has 1 nitrogen and oxygen atoms in total. The topological polar surface area (TPSA) is 23.8 Å². The maximum absolute atomic E-state index is 9.61. The first kappa shape index (κ1) is 20.6. The molecule has 0 atom stereocenters. The molecule has 1 saturated carbocycles. The molecule has 23 heavy (non-hydrogen) atoms. The maximum atomic E-state index is 9.61. The summed E-state index contributed by atoms with van der Waals surface area (Å²) < 4.78 is 0. The summed E-state index contributed by atoms with van der Waals surface area (Å²) in [4.78, 5) is 0. The van der Waals surface area contributed by atoms with Gasteiger partial charge in [-0.15, -0.1) is 0 Å². The van der Waals surface area contributed by atoms with Crippen LogP contribution in [0.1, 0.15) is 111 Å². The number of unbranched alkanes of at least 4 members (excludes halogenated alkanes) is 8. The third kappa shape index (κ3) is 8.28. The Bertz CT molecular complexity index is 313. The van der Waals surface area contributed by atoms with Crippen LogP contribution in [0, 0.1) is 17.2 Å². The van der Waals surface area contributed by atoms with Gasteiger partial charge in [-0.1, -0.05) is 104 Å². The average molecular weight is 316 g/mol. The van der Waals surface area contributed by atoms with Crippen LogP contribution in [-0.4, -0.2) is 7.28 Å². The van der Waals surface area contributed by atoms with Crippen molar-refractivity contribution < 1.29 is 0 Å². The second-order valence-electron chi connectivity index (χ2n) is 8.11. The van der Waals surface area contributed by atoms with Crippen molar-refractivity contribution in [3.63, 3.8) is 0 Å². The van der Waals surface area contributed by atoms with Gasteiger partial charge in [-0.3, -0.25) is 0 Å². The molecule has 0 saturated heterocycles. The summed E-state index contributed by atoms with van der Waals surface area (Å²) in [5.74, 6) is 1.44. The molecule has 1 radical (unpaired) electrons. The molecule has 1 rings (SSSR count). The average Bonchev–Trinajstić information content (AvgIpc) is 2.52. The van der Waals surface area contributed by atoms with Crippen LogP contribution in [0.15, 0.2) is 0 Å². The van der Waals surface area contributed by atoms with Gasteiger partial charge in [0.2, 0.25) is 0 Å². The highest BCUT2D eigenvalue weighted by Gasteiger charge is 2.43. The maximum Gasteiger partial charge on any atom is 0.141 e. The zero-order valence-corrected chi connectivity index (χ0v) is 16.1. The van der Waals surface area contributed by atoms with E-state index in [2.05, 4.69) is 34.1 Å². The number of hydrogen-bond donors (Lipinski definition) is 0. The Kier molecular flexibility index (Phi) is 10.7. The minimum absolute atomic E-state index is 0.0725. The van der Waals surface area contributed by atoms with Gasteiger partial charge in [-0.25, -0.2) is 0 Å². The van der Waals surface area contributed by atoms with Crippen LogP contribution in [0.2, 0.25) is 11.1 Å². The molecule has 0 heterocycles. The van der Waals surface area contributed by atoms with Gasteiger partial charge in [0.15, 0.2) is 0 Å². The Morgan fingerprint density at radius 2 is 1.39 bits per heavy atom. The first-order valence-electron chi connectivity index (χ1n) is 10.4. The highest BCUT2D eigenvalue weighted by atomic mass is 14.4. The molecule has 0 spiro atoms. The molecule has 1 fully saturated rings. The van der Waals surface area contributed by atoms with E-state index in [-0.39, 0.29) is 5.31 Å². The Balaban J connectivity index is 2.33. The fourth-order valence-corrected chi connectivity index (χ4v) is 4.23. The van der Waals surface area contributed by atoms with Gasteiger partial charge >= 0.3 is 0 Å². The second kappa shape index (κ2) is 12.0. The summed E-state index contributed by atoms with van der Waals surface area (Å²) in [6.07, 6.45) is 18.5. The third-order valence-corrected chi connectivity index (χ3v) is 5.56. The number of nitriles is 1. The molecular weight excluding hydrogens is 277 g/mol. The summed E-state index contributed by atoms with van der Waals surface area (Å²) in [5, 5.41) is 9.53. The quantitative estimate of drug-likeness (QED) is 0.243. The molecule has 0 N–H and O–H groups in total. The van der Waals surface area contributed by atoms with Gasteiger partial charge in [-0.2, -0.15) is 5.26 Å². The van der Waals surface area contributed by atoms with Crippen molar-refractivity contribution in [2.75, 3.05) is 0 Å². The molecule has 0 unspecified atom stereocenters. The molecule has 2 heteroatoms. The lowest BCUT2D eigenvalue weighted by Crippen LogP contribution is -2.35. The summed E-state index contributed by atoms with van der Waals surface area (Å²) in [6.45, 7) is 6.84. The van der Waals surface area contributed by atoms with Gasteiger partial charge in [0.25, 0.3) is 0 Å². The standard InChI is InChI=1S/C21H39BN/c1-4-6-8-10-12-14-20(15-13-11-9-7-5-2)22-21(18-23)16-19(3)17-21/h19-20H,4-17H2,1-3H3. The summed E-state index contributed by atoms with van der Waals surface area (Å²) in [7, 11) is 2.48. The van der Waals surface area contributed by atoms with Crippen LogP contribution in [0.5, 0.6) is 0 Å². The van der Waals surface area contributed by atoms with Crippen molar-refractivity contribution in [3.8, 4) is 6.07 Å². The molecule has 1 aliphatic rings. The van der Waals surface area contributed by atoms with Gasteiger partial charge < -0.3 is 0 Å². The van der Waals surface area contributed by atoms with E-state index in [0.29, 0.717) is 5.82 Å². The second-order valence-corrected chi connectivity index (χ2v) is 8.11. The zero-order valence-electron chi connectivity index (χ0n) is 16.1. The molecule has 131 valence electrons. The molecule has 1 aliphatic carbocycles. The van der Waals surface area contributed by atoms with E-state index >= 15 is 0 Å². The third-order valence-electron chi connectivity index (χ3n) is 5.56. The smallest absolute Gasteiger partial charge is 0.141 e. The van der Waals surface area contributed by atoms with Gasteiger partial charge in [-0.05, 0) is 18.8 Å². The molecule has 0 aromatic carbocycles. The van der Waals surface area contributed by atoms with Crippen LogP contribution in [0.25, 0.3) is 0 Å². The van der Waals surface area contributed by atoms with Crippen molar-refractivity contribution in [2.45, 2.75) is 122 Å². The van der Waals surface area contributed by atoms with E-state index in [4.69, 9.17) is 0 Å². The molecule has 0 amide bonds. The highest BCUT2D eigenvalue weighted by molar-refractivity contribution is 6.43. The monoisotopic (exact) mass is 316 g/mol. The number of rotatable bonds is 14. The lowest BCUT2D eigenvalue weighted by Gasteiger charge is -2.43. The predicted molar refractivity (Wildman–Crippen MR) is 103 cm³/mol. The van der Waals surface area contributed by atoms with Crippen LogP contribution in [-0.2, 0) is 0 Å². The van der Waals surface area contributed by atoms with Crippen LogP contribution in [0.3, 0.4) is 0 Å². The minimum atomic E-state index is -0.0725. The van der Waals surface area contributed by atoms with Crippen molar-refractivity contribution in [1.82, 2.24) is 0 Å². The Labute approximate surface area is 146 Å². The minimum Gasteiger partial charge on any atom is -0.199 e. The number of hydrogen-bond acceptors (Lipinski definition) is 1. The molecule has 0 aromatic rings. The van der Waals surface area contributed by atoms with Gasteiger partial charge in [0.1, 0.15) is 7.28 Å². The molecule has 0 bridgehead atoms. The summed E-state index contributed by atoms with van der Waals surface area (Å²) >= 11 is 0. The Hall–Kier alpha value is -0.445. The van der Waals surface area contributed by atoms with Crippen LogP contribution < -0.4 is 0 Å². The lowest BCUT2D eigenvalue weighted by molar-refractivity contribution is 0.280. The van der Waals surface area contributed by atoms with Crippen LogP contribution in [0.4, 0.5) is 0 Å². The number of nitrogens with zero attached hydrogens (tertiary/aromatic N) is 1. The van der Waals surface area contributed by atoms with E-state index in [1.54, 1.807) is 0 Å². The fourth-order valence-electron chi connectivity index (χ4n) is 4.23. The van der Waals surface area contributed by atoms with E-state index in [1.165, 1.54) is 77.0 Å². The van der Waals surface area contributed by atoms with Crippen molar-refractivity contribution >= 4 is 7.28 Å². The van der Waals surface area contributed by atoms with Gasteiger partial charge in [0, 0.05) is 5.31 Å². The highest BCUT2D eigenvalue weighted by Crippen LogP contribution is 2.53. The SMILES string of the molecule is CCCCCCCC([B]C1(C#N)CC(C)C1)CCCCCCC. The van der Waals surface area contributed by atoms with Crippen LogP contribution >= 0.6 is 0 Å². The predicted octanol–water partition coefficient (Wildman–Crippen LogP) is 7.31. The van der Waals surface area contributed by atoms with Gasteiger partial charge in [0.05, 0.1) is 6.07 Å². The van der Waals surface area contributed by atoms with E-state index in [0.717, 1.165) is 18.8 Å². The molecular formula is C21H39BN. The fraction of sp³-hybridized carbons (Fsp3) is 0.952. The first-order valence-corrected chi connectivity index (χ1v) is 10.4. The molecule has 0 aromatic heterocycles. The normalized spacial score (nSPS) is 23.5. The Morgan fingerprint density at radius 3 is 1.78 bits per heavy atom. The first-order chi connectivity index (χ1) is 11.2. The summed E-state index contributed by atoms with van der Waals surface area (Å²) in [5.41, 5.74) is 0. The van der Waals surface area contributed by atoms with Crippen molar-refractivity contribution in [2.24, 2.45) is 5.92 Å².